The summed E-state index contributed by atoms with van der Waals surface area (Å²) < 4.78 is 0. The van der Waals surface area contributed by atoms with E-state index in [1.165, 1.54) is 11.3 Å². The minimum atomic E-state index is -0.577. The van der Waals surface area contributed by atoms with E-state index in [0.717, 1.165) is 36.4 Å². The van der Waals surface area contributed by atoms with Crippen molar-refractivity contribution >= 4 is 42.1 Å². The number of piperidine rings is 1. The van der Waals surface area contributed by atoms with Gasteiger partial charge >= 0.3 is 0 Å². The first kappa shape index (κ1) is 22.9. The van der Waals surface area contributed by atoms with Crippen LogP contribution >= 0.6 is 36.2 Å². The number of nitrogens with two attached hydrogens (primary N) is 1. The standard InChI is InChI=1S/C18H24N4OS.2ClH/c1-21-10-6-15(7-11-21)22(13-14-4-8-20-9-5-14)18(23)17(19)16-3-2-12-24-16;;/h2-5,8-9,12,15,17H,6-7,10-11,13,19H2,1H3;2*1H/t17-;;/m0../s1. The monoisotopic (exact) mass is 416 g/mol. The number of aromatic nitrogens is 1. The lowest BCUT2D eigenvalue weighted by molar-refractivity contribution is -0.136. The number of nitrogens with zero attached hydrogens (tertiary/aromatic N) is 3. The van der Waals surface area contributed by atoms with Crippen molar-refractivity contribution in [2.45, 2.75) is 31.5 Å². The number of likely N-dealkylation sites (tertiary alicyclic amines) is 1. The molecule has 1 aliphatic heterocycles. The maximum Gasteiger partial charge on any atom is 0.245 e. The smallest absolute Gasteiger partial charge is 0.245 e. The Kier molecular flexibility index (Phi) is 9.54. The van der Waals surface area contributed by atoms with Crippen LogP contribution in [0.15, 0.2) is 42.0 Å². The second-order valence-corrected chi connectivity index (χ2v) is 7.33. The lowest BCUT2D eigenvalue weighted by Crippen LogP contribution is -2.48. The quantitative estimate of drug-likeness (QED) is 0.812. The van der Waals surface area contributed by atoms with Gasteiger partial charge in [-0.25, -0.2) is 0 Å². The molecule has 26 heavy (non-hydrogen) atoms. The fourth-order valence-corrected chi connectivity index (χ4v) is 3.87. The van der Waals surface area contributed by atoms with Crippen molar-refractivity contribution in [2.75, 3.05) is 20.1 Å². The van der Waals surface area contributed by atoms with Gasteiger partial charge in [-0.3, -0.25) is 9.78 Å². The van der Waals surface area contributed by atoms with E-state index in [9.17, 15) is 4.79 Å². The van der Waals surface area contributed by atoms with E-state index in [1.54, 1.807) is 12.4 Å². The fraction of sp³-hybridized carbons (Fsp3) is 0.444. The maximum atomic E-state index is 13.1. The Morgan fingerprint density at radius 3 is 2.54 bits per heavy atom. The number of amides is 1. The number of hydrogen-bond acceptors (Lipinski definition) is 5. The highest BCUT2D eigenvalue weighted by Gasteiger charge is 2.31. The largest absolute Gasteiger partial charge is 0.334 e. The summed E-state index contributed by atoms with van der Waals surface area (Å²) in [4.78, 5) is 22.4. The Morgan fingerprint density at radius 1 is 1.31 bits per heavy atom. The normalized spacial score (nSPS) is 16.2. The van der Waals surface area contributed by atoms with Crippen molar-refractivity contribution < 1.29 is 4.79 Å². The van der Waals surface area contributed by atoms with Crippen LogP contribution in [0.3, 0.4) is 0 Å². The molecule has 0 saturated carbocycles. The van der Waals surface area contributed by atoms with Gasteiger partial charge in [-0.15, -0.1) is 36.2 Å². The summed E-state index contributed by atoms with van der Waals surface area (Å²) in [7, 11) is 2.13. The SMILES string of the molecule is CN1CCC(N(Cc2ccncc2)C(=O)[C@@H](N)c2cccs2)CC1.Cl.Cl. The summed E-state index contributed by atoms with van der Waals surface area (Å²) in [6, 6.07) is 7.47. The molecule has 1 fully saturated rings. The second kappa shape index (κ2) is 10.8. The average Bonchev–Trinajstić information content (AvgIpc) is 3.15. The number of thiophene rings is 1. The topological polar surface area (TPSA) is 62.5 Å². The van der Waals surface area contributed by atoms with Crippen LogP contribution in [-0.2, 0) is 11.3 Å². The molecular formula is C18H26Cl2N4OS. The zero-order chi connectivity index (χ0) is 16.9. The van der Waals surface area contributed by atoms with E-state index in [1.807, 2.05) is 34.5 Å². The van der Waals surface area contributed by atoms with Crippen molar-refractivity contribution in [1.82, 2.24) is 14.8 Å². The van der Waals surface area contributed by atoms with Crippen molar-refractivity contribution in [2.24, 2.45) is 5.73 Å². The van der Waals surface area contributed by atoms with Crippen LogP contribution in [0.4, 0.5) is 0 Å². The molecule has 1 amide bonds. The van der Waals surface area contributed by atoms with Gasteiger partial charge < -0.3 is 15.5 Å². The number of carbonyl (C=O) groups excluding carboxylic acids is 1. The first-order valence-electron chi connectivity index (χ1n) is 8.32. The summed E-state index contributed by atoms with van der Waals surface area (Å²) >= 11 is 1.54. The van der Waals surface area contributed by atoms with E-state index < -0.39 is 6.04 Å². The third-order valence-corrected chi connectivity index (χ3v) is 5.59. The summed E-state index contributed by atoms with van der Waals surface area (Å²) in [6.45, 7) is 2.62. The molecule has 8 heteroatoms. The van der Waals surface area contributed by atoms with E-state index >= 15 is 0 Å². The minimum absolute atomic E-state index is 0. The van der Waals surface area contributed by atoms with Gasteiger partial charge in [-0.05, 0) is 62.1 Å². The van der Waals surface area contributed by atoms with Crippen LogP contribution in [0.5, 0.6) is 0 Å². The van der Waals surface area contributed by atoms with E-state index in [0.29, 0.717) is 6.54 Å². The second-order valence-electron chi connectivity index (χ2n) is 6.35. The molecule has 0 aromatic carbocycles. The van der Waals surface area contributed by atoms with Crippen LogP contribution in [0.1, 0.15) is 29.3 Å². The molecule has 144 valence electrons. The molecule has 3 heterocycles. The third kappa shape index (κ3) is 5.66. The number of halogens is 2. The molecule has 0 unspecified atom stereocenters. The lowest BCUT2D eigenvalue weighted by atomic mass is 10.0. The molecule has 0 radical (unpaired) electrons. The molecule has 1 atom stereocenters. The van der Waals surface area contributed by atoms with Gasteiger partial charge in [0.25, 0.3) is 0 Å². The first-order valence-corrected chi connectivity index (χ1v) is 9.20. The highest BCUT2D eigenvalue weighted by atomic mass is 35.5. The average molecular weight is 417 g/mol. The Hall–Kier alpha value is -1.18. The van der Waals surface area contributed by atoms with Gasteiger partial charge in [-0.2, -0.15) is 0 Å². The molecule has 1 saturated heterocycles. The van der Waals surface area contributed by atoms with Crippen LogP contribution in [0.2, 0.25) is 0 Å². The molecule has 0 spiro atoms. The highest BCUT2D eigenvalue weighted by Crippen LogP contribution is 2.24. The highest BCUT2D eigenvalue weighted by molar-refractivity contribution is 7.10. The number of carbonyl (C=O) groups is 1. The number of rotatable bonds is 5. The molecule has 0 aliphatic carbocycles. The molecule has 5 nitrogen and oxygen atoms in total. The van der Waals surface area contributed by atoms with Gasteiger partial charge in [0, 0.05) is 29.9 Å². The summed E-state index contributed by atoms with van der Waals surface area (Å²) in [5.74, 6) is 0.0174. The zero-order valence-electron chi connectivity index (χ0n) is 14.8. The minimum Gasteiger partial charge on any atom is -0.334 e. The van der Waals surface area contributed by atoms with Crippen LogP contribution in [-0.4, -0.2) is 46.9 Å². The van der Waals surface area contributed by atoms with Gasteiger partial charge in [0.15, 0.2) is 0 Å². The summed E-state index contributed by atoms with van der Waals surface area (Å²) in [5.41, 5.74) is 7.36. The van der Waals surface area contributed by atoms with Crippen molar-refractivity contribution in [3.8, 4) is 0 Å². The molecule has 2 N–H and O–H groups in total. The van der Waals surface area contributed by atoms with Gasteiger partial charge in [0.1, 0.15) is 6.04 Å². The predicted octanol–water partition coefficient (Wildman–Crippen LogP) is 3.11. The molecular weight excluding hydrogens is 391 g/mol. The Bertz CT molecular complexity index is 648. The lowest BCUT2D eigenvalue weighted by Gasteiger charge is -2.38. The molecule has 1 aliphatic rings. The predicted molar refractivity (Wildman–Crippen MR) is 111 cm³/mol. The van der Waals surface area contributed by atoms with Crippen molar-refractivity contribution in [3.63, 3.8) is 0 Å². The van der Waals surface area contributed by atoms with E-state index in [2.05, 4.69) is 16.9 Å². The molecule has 0 bridgehead atoms. The zero-order valence-corrected chi connectivity index (χ0v) is 17.2. The van der Waals surface area contributed by atoms with Crippen LogP contribution in [0.25, 0.3) is 0 Å². The Morgan fingerprint density at radius 2 is 1.96 bits per heavy atom. The van der Waals surface area contributed by atoms with Crippen LogP contribution < -0.4 is 5.73 Å². The maximum absolute atomic E-state index is 13.1. The fourth-order valence-electron chi connectivity index (χ4n) is 3.15. The van der Waals surface area contributed by atoms with E-state index in [4.69, 9.17) is 5.73 Å². The third-order valence-electron chi connectivity index (χ3n) is 4.63. The van der Waals surface area contributed by atoms with Gasteiger partial charge in [0.2, 0.25) is 5.91 Å². The summed E-state index contributed by atoms with van der Waals surface area (Å²) in [5, 5.41) is 1.96. The molecule has 2 aromatic heterocycles. The Balaban J connectivity index is 0.00000169. The number of hydrogen-bond donors (Lipinski definition) is 1. The van der Waals surface area contributed by atoms with Crippen molar-refractivity contribution in [3.05, 3.63) is 52.5 Å². The van der Waals surface area contributed by atoms with Crippen LogP contribution in [0, 0.1) is 0 Å². The Labute approximate surface area is 171 Å². The van der Waals surface area contributed by atoms with Gasteiger partial charge in [0.05, 0.1) is 0 Å². The first-order chi connectivity index (χ1) is 11.6. The number of pyridine rings is 1. The van der Waals surface area contributed by atoms with Gasteiger partial charge in [-0.1, -0.05) is 6.07 Å². The molecule has 3 rings (SSSR count). The molecule has 2 aromatic rings. The summed E-state index contributed by atoms with van der Waals surface area (Å²) in [6.07, 6.45) is 5.52. The van der Waals surface area contributed by atoms with Crippen molar-refractivity contribution in [1.29, 1.82) is 0 Å². The van der Waals surface area contributed by atoms with E-state index in [-0.39, 0.29) is 36.8 Å².